The van der Waals surface area contributed by atoms with Gasteiger partial charge < -0.3 is 10.6 Å². The molecule has 0 fully saturated rings. The van der Waals surface area contributed by atoms with Crippen LogP contribution in [0.5, 0.6) is 0 Å². The Kier molecular flexibility index (Phi) is 5.10. The third kappa shape index (κ3) is 4.20. The topological polar surface area (TPSA) is 71.8 Å². The van der Waals surface area contributed by atoms with E-state index in [1.54, 1.807) is 35.4 Å². The van der Waals surface area contributed by atoms with Crippen LogP contribution in [0.3, 0.4) is 0 Å². The second-order valence-corrected chi connectivity index (χ2v) is 7.07. The number of aryl methyl sites for hydroxylation is 2. The summed E-state index contributed by atoms with van der Waals surface area (Å²) in [4.78, 5) is 16.5. The largest absolute Gasteiger partial charge is 0.416 e. The number of aromatic nitrogens is 3. The maximum atomic E-state index is 13.1. The lowest BCUT2D eigenvalue weighted by Crippen LogP contribution is -2.20. The predicted molar refractivity (Wildman–Crippen MR) is 113 cm³/mol. The molecule has 2 aromatic carbocycles. The van der Waals surface area contributed by atoms with Crippen LogP contribution in [0.15, 0.2) is 61.1 Å². The zero-order valence-electron chi connectivity index (χ0n) is 16.7. The number of anilines is 2. The van der Waals surface area contributed by atoms with E-state index in [1.165, 1.54) is 19.1 Å². The number of nitrogens with zero attached hydrogens (tertiary/aromatic N) is 3. The molecule has 2 heterocycles. The Bertz CT molecular complexity index is 1260. The zero-order chi connectivity index (χ0) is 22.2. The number of carbonyl (C=O) groups excluding carboxylic acids is 1. The molecule has 6 nitrogen and oxygen atoms in total. The Morgan fingerprint density at radius 1 is 0.968 bits per heavy atom. The van der Waals surface area contributed by atoms with Crippen LogP contribution in [0.2, 0.25) is 0 Å². The number of nitrogens with one attached hydrogen (secondary N) is 2. The molecule has 0 spiro atoms. The first-order valence-corrected chi connectivity index (χ1v) is 9.34. The number of rotatable bonds is 3. The second kappa shape index (κ2) is 7.75. The predicted octanol–water partition coefficient (Wildman–Crippen LogP) is 5.61. The van der Waals surface area contributed by atoms with Gasteiger partial charge in [0.05, 0.1) is 23.5 Å². The first-order valence-electron chi connectivity index (χ1n) is 9.34. The summed E-state index contributed by atoms with van der Waals surface area (Å²) in [6.45, 7) is 1.37. The molecule has 2 amide bonds. The van der Waals surface area contributed by atoms with Crippen LogP contribution in [0.25, 0.3) is 22.0 Å². The van der Waals surface area contributed by atoms with Crippen LogP contribution in [0, 0.1) is 6.92 Å². The van der Waals surface area contributed by atoms with Crippen LogP contribution in [-0.2, 0) is 13.2 Å². The van der Waals surface area contributed by atoms with Crippen LogP contribution in [0.4, 0.5) is 29.3 Å². The van der Waals surface area contributed by atoms with Crippen molar-refractivity contribution in [3.63, 3.8) is 0 Å². The average Bonchev–Trinajstić information content (AvgIpc) is 3.10. The summed E-state index contributed by atoms with van der Waals surface area (Å²) in [6.07, 6.45) is 0.763. The van der Waals surface area contributed by atoms with Gasteiger partial charge in [-0.05, 0) is 42.3 Å². The third-order valence-electron chi connectivity index (χ3n) is 4.93. The summed E-state index contributed by atoms with van der Waals surface area (Å²) in [5.41, 5.74) is 2.55. The fourth-order valence-corrected chi connectivity index (χ4v) is 3.32. The lowest BCUT2D eigenvalue weighted by molar-refractivity contribution is -0.138. The normalized spacial score (nSPS) is 11.5. The standard InChI is InChI=1S/C22H18F3N5O/c1-13-3-6-16(9-19(13)22(23,24)25)29-21(31)28-15-7-4-14(5-8-15)17-10-26-12-20-18(17)11-27-30(20)2/h3-12H,1-2H3,(H2,28,29,31). The molecule has 158 valence electrons. The van der Waals surface area contributed by atoms with Gasteiger partial charge in [-0.2, -0.15) is 18.3 Å². The highest BCUT2D eigenvalue weighted by atomic mass is 19.4. The summed E-state index contributed by atoms with van der Waals surface area (Å²) in [5, 5.41) is 10.3. The highest BCUT2D eigenvalue weighted by molar-refractivity contribution is 6.00. The minimum absolute atomic E-state index is 0.0568. The average molecular weight is 425 g/mol. The van der Waals surface area contributed by atoms with E-state index in [-0.39, 0.29) is 11.3 Å². The quantitative estimate of drug-likeness (QED) is 0.448. The number of carbonyl (C=O) groups is 1. The SMILES string of the molecule is Cc1ccc(NC(=O)Nc2ccc(-c3cncc4c3cnn4C)cc2)cc1C(F)(F)F. The van der Waals surface area contributed by atoms with Crippen LogP contribution >= 0.6 is 0 Å². The number of hydrogen-bond acceptors (Lipinski definition) is 3. The summed E-state index contributed by atoms with van der Waals surface area (Å²) in [6, 6.07) is 10.1. The zero-order valence-corrected chi connectivity index (χ0v) is 16.7. The number of pyridine rings is 1. The number of halogens is 3. The van der Waals surface area contributed by atoms with Crippen molar-refractivity contribution in [2.75, 3.05) is 10.6 Å². The molecule has 0 atom stereocenters. The Hall–Kier alpha value is -3.88. The van der Waals surface area contributed by atoms with E-state index in [0.29, 0.717) is 5.69 Å². The van der Waals surface area contributed by atoms with Crippen molar-refractivity contribution in [1.29, 1.82) is 0 Å². The van der Waals surface area contributed by atoms with Crippen molar-refractivity contribution in [3.8, 4) is 11.1 Å². The number of benzene rings is 2. The number of amides is 2. The molecule has 31 heavy (non-hydrogen) atoms. The number of alkyl halides is 3. The van der Waals surface area contributed by atoms with Crippen molar-refractivity contribution in [2.45, 2.75) is 13.1 Å². The van der Waals surface area contributed by atoms with E-state index < -0.39 is 17.8 Å². The maximum absolute atomic E-state index is 13.1. The van der Waals surface area contributed by atoms with Gasteiger partial charge in [0.25, 0.3) is 0 Å². The van der Waals surface area contributed by atoms with E-state index in [1.807, 2.05) is 19.2 Å². The highest BCUT2D eigenvalue weighted by Crippen LogP contribution is 2.33. The van der Waals surface area contributed by atoms with E-state index >= 15 is 0 Å². The first kappa shape index (κ1) is 20.4. The van der Waals surface area contributed by atoms with Crippen molar-refractivity contribution in [2.24, 2.45) is 7.05 Å². The Morgan fingerprint density at radius 3 is 2.35 bits per heavy atom. The number of hydrogen-bond donors (Lipinski definition) is 2. The van der Waals surface area contributed by atoms with Crippen LogP contribution < -0.4 is 10.6 Å². The first-order chi connectivity index (χ1) is 14.7. The van der Waals surface area contributed by atoms with E-state index in [9.17, 15) is 18.0 Å². The molecule has 0 bridgehead atoms. The summed E-state index contributed by atoms with van der Waals surface area (Å²) < 4.78 is 40.9. The highest BCUT2D eigenvalue weighted by Gasteiger charge is 2.32. The van der Waals surface area contributed by atoms with E-state index in [2.05, 4.69) is 20.7 Å². The molecule has 0 aliphatic carbocycles. The lowest BCUT2D eigenvalue weighted by atomic mass is 10.0. The molecule has 0 aliphatic heterocycles. The van der Waals surface area contributed by atoms with Gasteiger partial charge >= 0.3 is 12.2 Å². The van der Waals surface area contributed by atoms with Gasteiger partial charge in [0.2, 0.25) is 0 Å². The van der Waals surface area contributed by atoms with Crippen LogP contribution in [-0.4, -0.2) is 20.8 Å². The minimum atomic E-state index is -4.49. The molecule has 0 saturated carbocycles. The molecule has 2 aromatic heterocycles. The van der Waals surface area contributed by atoms with Crippen LogP contribution in [0.1, 0.15) is 11.1 Å². The van der Waals surface area contributed by atoms with E-state index in [0.717, 1.165) is 28.1 Å². The lowest BCUT2D eigenvalue weighted by Gasteiger charge is -2.13. The van der Waals surface area contributed by atoms with Gasteiger partial charge in [-0.25, -0.2) is 4.79 Å². The van der Waals surface area contributed by atoms with Gasteiger partial charge in [-0.1, -0.05) is 18.2 Å². The molecule has 4 rings (SSSR count). The second-order valence-electron chi connectivity index (χ2n) is 7.07. The molecule has 2 N–H and O–H groups in total. The van der Waals surface area contributed by atoms with Gasteiger partial charge in [-0.15, -0.1) is 0 Å². The van der Waals surface area contributed by atoms with Gasteiger partial charge in [0, 0.05) is 35.6 Å². The van der Waals surface area contributed by atoms with E-state index in [4.69, 9.17) is 0 Å². The maximum Gasteiger partial charge on any atom is 0.416 e. The fraction of sp³-hybridized carbons (Fsp3) is 0.136. The molecule has 4 aromatic rings. The molecule has 0 aliphatic rings. The van der Waals surface area contributed by atoms with Crippen molar-refractivity contribution in [3.05, 3.63) is 72.2 Å². The van der Waals surface area contributed by atoms with Crippen molar-refractivity contribution >= 4 is 28.3 Å². The van der Waals surface area contributed by atoms with Crippen molar-refractivity contribution in [1.82, 2.24) is 14.8 Å². The van der Waals surface area contributed by atoms with Gasteiger partial charge in [0.1, 0.15) is 0 Å². The van der Waals surface area contributed by atoms with Gasteiger partial charge in [0.15, 0.2) is 0 Å². The smallest absolute Gasteiger partial charge is 0.308 e. The van der Waals surface area contributed by atoms with Crippen molar-refractivity contribution < 1.29 is 18.0 Å². The molecular weight excluding hydrogens is 407 g/mol. The molecular formula is C22H18F3N5O. The van der Waals surface area contributed by atoms with Gasteiger partial charge in [-0.3, -0.25) is 9.67 Å². The fourth-order valence-electron chi connectivity index (χ4n) is 3.32. The minimum Gasteiger partial charge on any atom is -0.308 e. The molecule has 0 saturated heterocycles. The summed E-state index contributed by atoms with van der Waals surface area (Å²) >= 11 is 0. The molecule has 0 radical (unpaired) electrons. The number of urea groups is 1. The summed E-state index contributed by atoms with van der Waals surface area (Å²) in [7, 11) is 1.84. The Labute approximate surface area is 175 Å². The third-order valence-corrected chi connectivity index (χ3v) is 4.93. The molecule has 9 heteroatoms. The Balaban J connectivity index is 1.49. The number of fused-ring (bicyclic) bond motifs is 1. The monoisotopic (exact) mass is 425 g/mol. The molecule has 0 unspecified atom stereocenters. The summed E-state index contributed by atoms with van der Waals surface area (Å²) in [5.74, 6) is 0. The Morgan fingerprint density at radius 2 is 1.65 bits per heavy atom.